The van der Waals surface area contributed by atoms with Crippen molar-refractivity contribution in [2.24, 2.45) is 29.6 Å². The molecule has 8 bridgehead atoms. The third-order valence-corrected chi connectivity index (χ3v) is 26.9. The Morgan fingerprint density at radius 2 is 1.32 bits per heavy atom. The molecule has 376 valence electrons. The van der Waals surface area contributed by atoms with Crippen LogP contribution in [-0.2, 0) is 42.1 Å². The lowest BCUT2D eigenvalue weighted by Gasteiger charge is -2.55. The Morgan fingerprint density at radius 3 is 1.95 bits per heavy atom. The molecule has 3 unspecified atom stereocenters. The number of carbonyl (C=O) groups excluding carboxylic acids is 2. The summed E-state index contributed by atoms with van der Waals surface area (Å²) in [6.45, 7) is 43.2. The normalized spacial score (nSPS) is 40.4. The van der Waals surface area contributed by atoms with Crippen LogP contribution in [0.4, 0.5) is 0 Å². The lowest BCUT2D eigenvalue weighted by molar-refractivity contribution is -0.262. The van der Waals surface area contributed by atoms with E-state index in [0.717, 1.165) is 62.5 Å². The molecule has 11 heteroatoms. The number of ether oxygens (including phenoxy) is 5. The first-order valence-electron chi connectivity index (χ1n) is 26.4. The number of fused-ring (bicyclic) bond motifs is 2. The second kappa shape index (κ2) is 21.6. The van der Waals surface area contributed by atoms with Crippen LogP contribution in [0.25, 0.3) is 0 Å². The van der Waals surface area contributed by atoms with E-state index in [-0.39, 0.29) is 94.3 Å². The second-order valence-corrected chi connectivity index (χ2v) is 34.7. The highest BCUT2D eigenvalue weighted by atomic mass is 28.4. The van der Waals surface area contributed by atoms with Crippen LogP contribution in [0.5, 0.6) is 0 Å². The van der Waals surface area contributed by atoms with E-state index in [2.05, 4.69) is 116 Å². The predicted molar refractivity (Wildman–Crippen MR) is 271 cm³/mol. The summed E-state index contributed by atoms with van der Waals surface area (Å²) < 4.78 is 50.0. The Hall–Kier alpha value is -1.29. The van der Waals surface area contributed by atoms with E-state index in [1.165, 1.54) is 0 Å². The SMILES string of the molecule is C=C1C[C@@H]2CCC(=O)/C=C/[C@H](C)[C@@H]3O[C@H]4CC[C@H](CC(=O)CC5[C@H](CC6O[C@@H](CCC1O2)C[C@@H](C)C6=C)O[C@H](C[C@H](C)CC)[C@@H]5C)O[C@@H]4[C@H](O[Si](C)(C)C(C)(C)C)[C@@H]3O[Si](C)(C)C(C)(C)C. The standard InChI is InChI=1S/C55H94O9Si2/c1-18-33(2)27-47-38(7)44-31-40(57)30-43-24-26-46-51(60-43)53(64-66(16,17)55(11,12)13)52(63-65(14,15)54(8,9)10)50(62-46)34(3)19-20-39(56)21-22-41-29-36(5)45(58-41)25-23-42-28-35(4)37(6)48(59-42)32-49(44)61-47/h19-20,33-35,38,41-53H,5-6,18,21-32H2,1-4,7-17H3/b20-19+/t33-,34+,35-,38-,41+,42+,43-,44?,45?,46+,47-,48?,49+,50+,51+,52-,53+/m1/s1. The van der Waals surface area contributed by atoms with Gasteiger partial charge in [0.1, 0.15) is 18.0 Å². The van der Waals surface area contributed by atoms with E-state index in [0.29, 0.717) is 43.9 Å². The average molecular weight is 956 g/mol. The summed E-state index contributed by atoms with van der Waals surface area (Å²) in [6.07, 6.45) is 11.2. The van der Waals surface area contributed by atoms with Crippen molar-refractivity contribution < 1.29 is 42.1 Å². The van der Waals surface area contributed by atoms with Gasteiger partial charge in [0.05, 0.1) is 61.0 Å². The number of carbonyl (C=O) groups is 2. The number of ketones is 2. The minimum atomic E-state index is -2.40. The topological polar surface area (TPSA) is 98.8 Å². The molecule has 0 radical (unpaired) electrons. The Labute approximate surface area is 403 Å². The fraction of sp³-hybridized carbons (Fsp3) is 0.855. The Bertz CT molecular complexity index is 1730. The quantitative estimate of drug-likeness (QED) is 0.182. The van der Waals surface area contributed by atoms with E-state index < -0.39 is 34.9 Å². The lowest BCUT2D eigenvalue weighted by Crippen LogP contribution is -2.67. The summed E-state index contributed by atoms with van der Waals surface area (Å²) in [7, 11) is -4.79. The van der Waals surface area contributed by atoms with Gasteiger partial charge in [0.25, 0.3) is 0 Å². The largest absolute Gasteiger partial charge is 0.409 e. The first-order chi connectivity index (χ1) is 30.7. The highest BCUT2D eigenvalue weighted by molar-refractivity contribution is 6.74. The first kappa shape index (κ1) is 54.1. The maximum absolute atomic E-state index is 14.6. The minimum absolute atomic E-state index is 0.0246. The van der Waals surface area contributed by atoms with Crippen LogP contribution in [0.1, 0.15) is 160 Å². The number of allylic oxidation sites excluding steroid dienone is 1. The number of Topliss-reactive ketones (excluding diaryl/α,β-unsaturated/α-hetero) is 1. The van der Waals surface area contributed by atoms with Gasteiger partial charge in [-0.2, -0.15) is 0 Å². The lowest BCUT2D eigenvalue weighted by atomic mass is 9.78. The molecular weight excluding hydrogens is 861 g/mol. The van der Waals surface area contributed by atoms with Crippen LogP contribution in [0.3, 0.4) is 0 Å². The summed E-state index contributed by atoms with van der Waals surface area (Å²) in [5.74, 6) is 1.37. The van der Waals surface area contributed by atoms with Gasteiger partial charge < -0.3 is 32.5 Å². The van der Waals surface area contributed by atoms with Gasteiger partial charge in [-0.15, -0.1) is 0 Å². The fourth-order valence-electron chi connectivity index (χ4n) is 11.1. The second-order valence-electron chi connectivity index (χ2n) is 25.2. The molecule has 17 atom stereocenters. The van der Waals surface area contributed by atoms with Gasteiger partial charge in [-0.05, 0) is 129 Å². The summed E-state index contributed by atoms with van der Waals surface area (Å²) >= 11 is 0. The smallest absolute Gasteiger partial charge is 0.192 e. The summed E-state index contributed by atoms with van der Waals surface area (Å²) in [5, 5.41) is -0.132. The number of rotatable bonds is 7. The van der Waals surface area contributed by atoms with Gasteiger partial charge >= 0.3 is 0 Å². The predicted octanol–water partition coefficient (Wildman–Crippen LogP) is 12.7. The monoisotopic (exact) mass is 955 g/mol. The maximum atomic E-state index is 14.6. The first-order valence-corrected chi connectivity index (χ1v) is 32.2. The molecule has 8 aliphatic rings. The van der Waals surface area contributed by atoms with E-state index in [9.17, 15) is 9.59 Å². The molecule has 66 heavy (non-hydrogen) atoms. The van der Waals surface area contributed by atoms with Crippen LogP contribution >= 0.6 is 0 Å². The van der Waals surface area contributed by atoms with Gasteiger partial charge in [0, 0.05) is 31.6 Å². The van der Waals surface area contributed by atoms with Crippen molar-refractivity contribution in [3.63, 3.8) is 0 Å². The van der Waals surface area contributed by atoms with E-state index in [4.69, 9.17) is 32.5 Å². The third kappa shape index (κ3) is 12.8. The van der Waals surface area contributed by atoms with Crippen LogP contribution in [0, 0.1) is 29.6 Å². The van der Waals surface area contributed by atoms with E-state index in [1.54, 1.807) is 6.08 Å². The zero-order valence-corrected chi connectivity index (χ0v) is 46.3. The fourth-order valence-corrected chi connectivity index (χ4v) is 13.7. The Balaban J connectivity index is 1.35. The molecule has 0 aromatic rings. The Morgan fingerprint density at radius 1 is 0.712 bits per heavy atom. The summed E-state index contributed by atoms with van der Waals surface area (Å²) in [4.78, 5) is 28.2. The molecule has 0 spiro atoms. The molecule has 0 N–H and O–H groups in total. The van der Waals surface area contributed by atoms with Crippen molar-refractivity contribution in [2.45, 2.75) is 269 Å². The molecule has 8 aliphatic heterocycles. The molecular formula is C55H94O9Si2. The van der Waals surface area contributed by atoms with E-state index in [1.807, 2.05) is 6.08 Å². The van der Waals surface area contributed by atoms with Crippen LogP contribution in [0.15, 0.2) is 36.5 Å². The zero-order chi connectivity index (χ0) is 48.7. The van der Waals surface area contributed by atoms with Crippen molar-refractivity contribution in [3.05, 3.63) is 36.5 Å². The van der Waals surface area contributed by atoms with Crippen LogP contribution in [-0.4, -0.2) is 101 Å². The summed E-state index contributed by atoms with van der Waals surface area (Å²) in [5.41, 5.74) is 2.24. The molecule has 8 rings (SSSR count). The maximum Gasteiger partial charge on any atom is 0.192 e. The molecule has 0 aromatic heterocycles. The van der Waals surface area contributed by atoms with Crippen LogP contribution in [0.2, 0.25) is 36.3 Å². The van der Waals surface area contributed by atoms with Gasteiger partial charge in [-0.25, -0.2) is 0 Å². The molecule has 0 aliphatic carbocycles. The van der Waals surface area contributed by atoms with Crippen molar-refractivity contribution in [2.75, 3.05) is 0 Å². The Kier molecular flexibility index (Phi) is 17.7. The highest BCUT2D eigenvalue weighted by Crippen LogP contribution is 2.48. The average Bonchev–Trinajstić information content (AvgIpc) is 3.72. The van der Waals surface area contributed by atoms with Crippen molar-refractivity contribution in [3.8, 4) is 0 Å². The van der Waals surface area contributed by atoms with E-state index >= 15 is 0 Å². The molecule has 0 saturated carbocycles. The zero-order valence-electron chi connectivity index (χ0n) is 44.3. The van der Waals surface area contributed by atoms with Gasteiger partial charge in [0.15, 0.2) is 22.4 Å². The third-order valence-electron chi connectivity index (χ3n) is 17.9. The van der Waals surface area contributed by atoms with Crippen molar-refractivity contribution in [1.82, 2.24) is 0 Å². The molecule has 8 heterocycles. The minimum Gasteiger partial charge on any atom is -0.409 e. The molecule has 9 nitrogen and oxygen atoms in total. The number of hydrogen-bond acceptors (Lipinski definition) is 9. The van der Waals surface area contributed by atoms with Gasteiger partial charge in [0.2, 0.25) is 0 Å². The molecule has 5 fully saturated rings. The summed E-state index contributed by atoms with van der Waals surface area (Å²) in [6, 6.07) is 0. The number of hydrogen-bond donors (Lipinski definition) is 0. The van der Waals surface area contributed by atoms with Gasteiger partial charge in [-0.1, -0.05) is 102 Å². The van der Waals surface area contributed by atoms with Crippen LogP contribution < -0.4 is 0 Å². The molecule has 0 amide bonds. The van der Waals surface area contributed by atoms with Gasteiger partial charge in [-0.3, -0.25) is 9.59 Å². The van der Waals surface area contributed by atoms with Crippen molar-refractivity contribution >= 4 is 28.2 Å². The molecule has 0 aromatic carbocycles. The van der Waals surface area contributed by atoms with Crippen molar-refractivity contribution in [1.29, 1.82) is 0 Å². The highest BCUT2D eigenvalue weighted by Gasteiger charge is 2.57. The molecule has 5 saturated heterocycles.